The van der Waals surface area contributed by atoms with Crippen molar-refractivity contribution in [3.05, 3.63) is 22.3 Å². The Morgan fingerprint density at radius 1 is 1.28 bits per heavy atom. The first-order valence-corrected chi connectivity index (χ1v) is 8.12. The van der Waals surface area contributed by atoms with Crippen LogP contribution in [0.4, 0.5) is 0 Å². The Morgan fingerprint density at radius 2 is 1.89 bits per heavy atom. The zero-order valence-electron chi connectivity index (χ0n) is 11.7. The van der Waals surface area contributed by atoms with Gasteiger partial charge in [-0.15, -0.1) is 0 Å². The average molecular weight is 271 g/mol. The minimum atomic E-state index is -4.08. The second-order valence-corrected chi connectivity index (χ2v) is 7.03. The van der Waals surface area contributed by atoms with E-state index in [9.17, 15) is 13.0 Å². The molecule has 0 saturated carbocycles. The third-order valence-corrected chi connectivity index (χ3v) is 4.31. The molecule has 0 fully saturated rings. The molecule has 0 aliphatic heterocycles. The number of hydrogen-bond donors (Lipinski definition) is 0. The Labute approximate surface area is 111 Å². The van der Waals surface area contributed by atoms with Gasteiger partial charge in [-0.25, -0.2) is 8.42 Å². The average Bonchev–Trinajstić information content (AvgIpc) is 2.59. The van der Waals surface area contributed by atoms with Crippen molar-refractivity contribution in [3.8, 4) is 0 Å². The van der Waals surface area contributed by atoms with Gasteiger partial charge in [-0.2, -0.15) is 0 Å². The highest BCUT2D eigenvalue weighted by Crippen LogP contribution is 2.39. The highest BCUT2D eigenvalue weighted by molar-refractivity contribution is 7.85. The molecule has 18 heavy (non-hydrogen) atoms. The summed E-state index contributed by atoms with van der Waals surface area (Å²) in [6.45, 7) is 8.55. The third-order valence-electron chi connectivity index (χ3n) is 3.52. The Hall–Kier alpha value is -0.610. The minimum absolute atomic E-state index is 0.252. The first-order chi connectivity index (χ1) is 8.22. The monoisotopic (exact) mass is 271 g/mol. The first-order valence-electron chi connectivity index (χ1n) is 6.54. The number of allylic oxidation sites excluding steroid dienone is 4. The largest absolute Gasteiger partial charge is 0.748 e. The molecule has 0 spiro atoms. The molecule has 1 aliphatic rings. The van der Waals surface area contributed by atoms with Crippen molar-refractivity contribution in [2.24, 2.45) is 5.92 Å². The van der Waals surface area contributed by atoms with E-state index >= 15 is 0 Å². The molecule has 1 aliphatic carbocycles. The van der Waals surface area contributed by atoms with Crippen molar-refractivity contribution >= 4 is 10.1 Å². The van der Waals surface area contributed by atoms with E-state index in [0.717, 1.165) is 19.3 Å². The van der Waals surface area contributed by atoms with Gasteiger partial charge in [0.25, 0.3) is 0 Å². The summed E-state index contributed by atoms with van der Waals surface area (Å²) in [5.41, 5.74) is 5.44. The van der Waals surface area contributed by atoms with E-state index in [1.54, 1.807) is 0 Å². The molecule has 0 radical (unpaired) electrons. The van der Waals surface area contributed by atoms with Crippen LogP contribution in [0.2, 0.25) is 0 Å². The van der Waals surface area contributed by atoms with Gasteiger partial charge < -0.3 is 4.55 Å². The number of rotatable bonds is 5. The van der Waals surface area contributed by atoms with Crippen LogP contribution in [0, 0.1) is 5.92 Å². The summed E-state index contributed by atoms with van der Waals surface area (Å²) >= 11 is 0. The fraction of sp³-hybridized carbons (Fsp3) is 0.714. The maximum Gasteiger partial charge on any atom is 0.0946 e. The van der Waals surface area contributed by atoms with Gasteiger partial charge in [-0.05, 0) is 56.6 Å². The summed E-state index contributed by atoms with van der Waals surface area (Å²) in [6, 6.07) is 0. The van der Waals surface area contributed by atoms with Gasteiger partial charge in [0.15, 0.2) is 0 Å². The highest BCUT2D eigenvalue weighted by Gasteiger charge is 2.22. The Balaban J connectivity index is 2.85. The van der Waals surface area contributed by atoms with E-state index in [2.05, 4.69) is 27.7 Å². The molecule has 0 bridgehead atoms. The van der Waals surface area contributed by atoms with Crippen LogP contribution in [0.15, 0.2) is 22.3 Å². The molecule has 1 rings (SSSR count). The highest BCUT2D eigenvalue weighted by atomic mass is 32.2. The SMILES string of the molecule is CC(C)=C1CCC(C(C)C)=C1CCCS(=O)(=O)[O-]. The minimum Gasteiger partial charge on any atom is -0.748 e. The topological polar surface area (TPSA) is 57.2 Å². The van der Waals surface area contributed by atoms with E-state index in [4.69, 9.17) is 0 Å². The molecular weight excluding hydrogens is 248 g/mol. The van der Waals surface area contributed by atoms with Crippen molar-refractivity contribution in [2.75, 3.05) is 5.75 Å². The zero-order chi connectivity index (χ0) is 13.9. The Bertz CT molecular complexity index is 463. The maximum absolute atomic E-state index is 10.7. The molecule has 0 heterocycles. The molecule has 0 aromatic carbocycles. The summed E-state index contributed by atoms with van der Waals surface area (Å²) in [5, 5.41) is 0. The fourth-order valence-corrected chi connectivity index (χ4v) is 3.18. The van der Waals surface area contributed by atoms with Gasteiger partial charge in [0.05, 0.1) is 10.1 Å². The fourth-order valence-electron chi connectivity index (χ4n) is 2.68. The third kappa shape index (κ3) is 4.25. The molecule has 0 saturated heterocycles. The standard InChI is InChI=1S/C14H24O3S/c1-10(2)12-7-8-13(11(3)4)14(12)6-5-9-18(15,16)17/h10H,5-9H2,1-4H3,(H,15,16,17)/p-1. The predicted molar refractivity (Wildman–Crippen MR) is 73.3 cm³/mol. The smallest absolute Gasteiger partial charge is 0.0946 e. The van der Waals surface area contributed by atoms with Gasteiger partial charge in [-0.3, -0.25) is 0 Å². The second kappa shape index (κ2) is 6.02. The van der Waals surface area contributed by atoms with Crippen molar-refractivity contribution in [1.29, 1.82) is 0 Å². The summed E-state index contributed by atoms with van der Waals surface area (Å²) in [7, 11) is -4.08. The van der Waals surface area contributed by atoms with Crippen molar-refractivity contribution < 1.29 is 13.0 Å². The molecule has 4 heteroatoms. The van der Waals surface area contributed by atoms with Gasteiger partial charge >= 0.3 is 0 Å². The zero-order valence-corrected chi connectivity index (χ0v) is 12.6. The van der Waals surface area contributed by atoms with E-state index in [1.165, 1.54) is 22.3 Å². The molecule has 0 unspecified atom stereocenters. The van der Waals surface area contributed by atoms with Crippen LogP contribution in [0.25, 0.3) is 0 Å². The lowest BCUT2D eigenvalue weighted by molar-refractivity contribution is 0.461. The van der Waals surface area contributed by atoms with Crippen LogP contribution >= 0.6 is 0 Å². The Morgan fingerprint density at radius 3 is 2.33 bits per heavy atom. The van der Waals surface area contributed by atoms with E-state index in [1.807, 2.05) is 0 Å². The van der Waals surface area contributed by atoms with Crippen molar-refractivity contribution in [3.63, 3.8) is 0 Å². The number of hydrogen-bond acceptors (Lipinski definition) is 3. The summed E-state index contributed by atoms with van der Waals surface area (Å²) in [6.07, 6.45) is 3.30. The molecule has 0 atom stereocenters. The molecule has 104 valence electrons. The van der Waals surface area contributed by atoms with E-state index in [0.29, 0.717) is 12.3 Å². The van der Waals surface area contributed by atoms with Crippen molar-refractivity contribution in [2.45, 2.75) is 53.4 Å². The lowest BCUT2D eigenvalue weighted by Crippen LogP contribution is -2.05. The molecule has 3 nitrogen and oxygen atoms in total. The Kier molecular flexibility index (Phi) is 5.17. The van der Waals surface area contributed by atoms with E-state index in [-0.39, 0.29) is 5.75 Å². The molecule has 0 N–H and O–H groups in total. The maximum atomic E-state index is 10.7. The lowest BCUT2D eigenvalue weighted by atomic mass is 9.94. The van der Waals surface area contributed by atoms with Crippen LogP contribution in [-0.2, 0) is 10.1 Å². The van der Waals surface area contributed by atoms with Crippen LogP contribution in [-0.4, -0.2) is 18.7 Å². The summed E-state index contributed by atoms with van der Waals surface area (Å²) in [4.78, 5) is 0. The second-order valence-electron chi connectivity index (χ2n) is 5.50. The predicted octanol–water partition coefficient (Wildman–Crippen LogP) is 3.39. The van der Waals surface area contributed by atoms with Gasteiger partial charge in [0.2, 0.25) is 0 Å². The van der Waals surface area contributed by atoms with Gasteiger partial charge in [0.1, 0.15) is 0 Å². The van der Waals surface area contributed by atoms with Crippen molar-refractivity contribution in [1.82, 2.24) is 0 Å². The quantitative estimate of drug-likeness (QED) is 0.720. The lowest BCUT2D eigenvalue weighted by Gasteiger charge is -2.14. The molecule has 0 aromatic rings. The molecule has 0 amide bonds. The summed E-state index contributed by atoms with van der Waals surface area (Å²) < 4.78 is 32.0. The molecule has 0 aromatic heterocycles. The van der Waals surface area contributed by atoms with Crippen LogP contribution in [0.1, 0.15) is 53.4 Å². The normalized spacial score (nSPS) is 16.9. The van der Waals surface area contributed by atoms with Gasteiger partial charge in [0, 0.05) is 5.75 Å². The van der Waals surface area contributed by atoms with Gasteiger partial charge in [-0.1, -0.05) is 25.0 Å². The molecular formula is C14H23O3S-. The van der Waals surface area contributed by atoms with Crippen LogP contribution < -0.4 is 0 Å². The summed E-state index contributed by atoms with van der Waals surface area (Å²) in [5.74, 6) is 0.249. The van der Waals surface area contributed by atoms with Crippen LogP contribution in [0.5, 0.6) is 0 Å². The van der Waals surface area contributed by atoms with E-state index < -0.39 is 10.1 Å². The first kappa shape index (κ1) is 15.4. The van der Waals surface area contributed by atoms with Crippen LogP contribution in [0.3, 0.4) is 0 Å².